The van der Waals surface area contributed by atoms with Crippen molar-refractivity contribution in [3.8, 4) is 0 Å². The van der Waals surface area contributed by atoms with Gasteiger partial charge in [0.25, 0.3) is 0 Å². The average Bonchev–Trinajstić information content (AvgIpc) is 3.10. The number of nitrogens with one attached hydrogen (secondary N) is 2. The maximum absolute atomic E-state index is 12.4. The first-order valence-electron chi connectivity index (χ1n) is 8.56. The monoisotopic (exact) mass is 340 g/mol. The maximum Gasteiger partial charge on any atom is 0.408 e. The van der Waals surface area contributed by atoms with Crippen molar-refractivity contribution in [2.24, 2.45) is 0 Å². The number of benzene rings is 2. The maximum atomic E-state index is 12.4. The van der Waals surface area contributed by atoms with Crippen molar-refractivity contribution in [3.63, 3.8) is 0 Å². The Balaban J connectivity index is 1.68. The van der Waals surface area contributed by atoms with Crippen molar-refractivity contribution < 1.29 is 14.3 Å². The molecule has 3 rings (SSSR count). The van der Waals surface area contributed by atoms with Crippen LogP contribution in [0.4, 0.5) is 4.79 Å². The molecule has 5 nitrogen and oxygen atoms in total. The third-order valence-corrected chi connectivity index (χ3v) is 4.45. The summed E-state index contributed by atoms with van der Waals surface area (Å²) in [5.74, 6) is 0. The molecule has 1 aliphatic rings. The molecular weight excluding hydrogens is 316 g/mol. The summed E-state index contributed by atoms with van der Waals surface area (Å²) in [5, 5.41) is 6.13. The van der Waals surface area contributed by atoms with Crippen LogP contribution in [0.1, 0.15) is 17.2 Å². The van der Waals surface area contributed by atoms with Gasteiger partial charge in [0.1, 0.15) is 6.10 Å². The minimum atomic E-state index is -0.416. The van der Waals surface area contributed by atoms with E-state index in [0.717, 1.165) is 17.7 Å². The van der Waals surface area contributed by atoms with Crippen LogP contribution < -0.4 is 10.6 Å². The van der Waals surface area contributed by atoms with Crippen LogP contribution in [0.5, 0.6) is 0 Å². The van der Waals surface area contributed by atoms with E-state index in [9.17, 15) is 4.79 Å². The molecular formula is C20H24N2O3. The molecule has 2 aromatic rings. The van der Waals surface area contributed by atoms with Gasteiger partial charge in [-0.25, -0.2) is 4.79 Å². The minimum Gasteiger partial charge on any atom is -0.441 e. The summed E-state index contributed by atoms with van der Waals surface area (Å²) in [6.07, 6.45) is -0.147. The Hall–Kier alpha value is -2.37. The number of hydrogen-bond donors (Lipinski definition) is 2. The Bertz CT molecular complexity index is 663. The highest BCUT2D eigenvalue weighted by molar-refractivity contribution is 5.68. The smallest absolute Gasteiger partial charge is 0.408 e. The predicted molar refractivity (Wildman–Crippen MR) is 96.4 cm³/mol. The highest BCUT2D eigenvalue weighted by Crippen LogP contribution is 2.22. The molecule has 0 saturated carbocycles. The first-order chi connectivity index (χ1) is 12.3. The fourth-order valence-corrected chi connectivity index (χ4v) is 3.08. The van der Waals surface area contributed by atoms with Crippen LogP contribution in [-0.4, -0.2) is 38.4 Å². The molecule has 0 aliphatic carbocycles. The quantitative estimate of drug-likeness (QED) is 0.849. The van der Waals surface area contributed by atoms with Crippen molar-refractivity contribution in [3.05, 3.63) is 71.8 Å². The summed E-state index contributed by atoms with van der Waals surface area (Å²) in [7, 11) is 1.65. The third kappa shape index (κ3) is 4.81. The van der Waals surface area contributed by atoms with Crippen LogP contribution in [-0.2, 0) is 15.9 Å². The SMILES string of the molecule is CO[C@@H]1CNC[C@H]1NC(=O)OC(Cc1ccccc1)c1ccccc1. The Morgan fingerprint density at radius 3 is 2.48 bits per heavy atom. The fourth-order valence-electron chi connectivity index (χ4n) is 3.08. The Labute approximate surface area is 148 Å². The van der Waals surface area contributed by atoms with Crippen LogP contribution >= 0.6 is 0 Å². The van der Waals surface area contributed by atoms with E-state index < -0.39 is 6.09 Å². The number of amides is 1. The largest absolute Gasteiger partial charge is 0.441 e. The molecule has 1 aliphatic heterocycles. The molecule has 0 radical (unpaired) electrons. The second-order valence-corrected chi connectivity index (χ2v) is 6.18. The molecule has 2 aromatic carbocycles. The van der Waals surface area contributed by atoms with Gasteiger partial charge in [0.05, 0.1) is 12.1 Å². The van der Waals surface area contributed by atoms with E-state index >= 15 is 0 Å². The van der Waals surface area contributed by atoms with Gasteiger partial charge in [0.2, 0.25) is 0 Å². The molecule has 2 N–H and O–H groups in total. The number of carbonyl (C=O) groups excluding carboxylic acids is 1. The fraction of sp³-hybridized carbons (Fsp3) is 0.350. The zero-order valence-electron chi connectivity index (χ0n) is 14.4. The van der Waals surface area contributed by atoms with Crippen LogP contribution in [0.2, 0.25) is 0 Å². The van der Waals surface area contributed by atoms with Crippen molar-refractivity contribution in [2.75, 3.05) is 20.2 Å². The minimum absolute atomic E-state index is 0.0307. The zero-order chi connectivity index (χ0) is 17.5. The van der Waals surface area contributed by atoms with E-state index in [1.807, 2.05) is 60.7 Å². The van der Waals surface area contributed by atoms with E-state index in [1.54, 1.807) is 7.11 Å². The van der Waals surface area contributed by atoms with Crippen LogP contribution in [0.25, 0.3) is 0 Å². The lowest BCUT2D eigenvalue weighted by Crippen LogP contribution is -2.44. The molecule has 1 fully saturated rings. The molecule has 132 valence electrons. The van der Waals surface area contributed by atoms with Crippen molar-refractivity contribution in [1.29, 1.82) is 0 Å². The van der Waals surface area contributed by atoms with E-state index in [0.29, 0.717) is 13.0 Å². The summed E-state index contributed by atoms with van der Waals surface area (Å²) in [6.45, 7) is 1.41. The number of carbonyl (C=O) groups is 1. The third-order valence-electron chi connectivity index (χ3n) is 4.45. The van der Waals surface area contributed by atoms with E-state index in [2.05, 4.69) is 10.6 Å². The van der Waals surface area contributed by atoms with Crippen molar-refractivity contribution in [2.45, 2.75) is 24.7 Å². The van der Waals surface area contributed by atoms with Gasteiger partial charge in [-0.1, -0.05) is 60.7 Å². The molecule has 5 heteroatoms. The first kappa shape index (κ1) is 17.5. The van der Waals surface area contributed by atoms with Gasteiger partial charge >= 0.3 is 6.09 Å². The number of methoxy groups -OCH3 is 1. The Morgan fingerprint density at radius 1 is 1.12 bits per heavy atom. The van der Waals surface area contributed by atoms with Crippen LogP contribution in [0.15, 0.2) is 60.7 Å². The van der Waals surface area contributed by atoms with Gasteiger partial charge in [-0.05, 0) is 11.1 Å². The summed E-state index contributed by atoms with van der Waals surface area (Å²) in [4.78, 5) is 12.4. The normalized spacial score (nSPS) is 20.8. The zero-order valence-corrected chi connectivity index (χ0v) is 14.4. The Kier molecular flexibility index (Phi) is 6.04. The van der Waals surface area contributed by atoms with Gasteiger partial charge in [-0.2, -0.15) is 0 Å². The van der Waals surface area contributed by atoms with Crippen molar-refractivity contribution in [1.82, 2.24) is 10.6 Å². The van der Waals surface area contributed by atoms with Gasteiger partial charge < -0.3 is 20.1 Å². The second-order valence-electron chi connectivity index (χ2n) is 6.18. The number of ether oxygens (including phenoxy) is 2. The summed E-state index contributed by atoms with van der Waals surface area (Å²) in [5.41, 5.74) is 2.11. The molecule has 1 heterocycles. The van der Waals surface area contributed by atoms with Gasteiger partial charge in [-0.15, -0.1) is 0 Å². The lowest BCUT2D eigenvalue weighted by atomic mass is 10.0. The molecule has 0 bridgehead atoms. The highest BCUT2D eigenvalue weighted by Gasteiger charge is 2.29. The van der Waals surface area contributed by atoms with Gasteiger partial charge in [0.15, 0.2) is 0 Å². The van der Waals surface area contributed by atoms with Gasteiger partial charge in [0, 0.05) is 26.6 Å². The summed E-state index contributed by atoms with van der Waals surface area (Å²) >= 11 is 0. The van der Waals surface area contributed by atoms with Gasteiger partial charge in [-0.3, -0.25) is 0 Å². The average molecular weight is 340 g/mol. The highest BCUT2D eigenvalue weighted by atomic mass is 16.6. The van der Waals surface area contributed by atoms with E-state index in [4.69, 9.17) is 9.47 Å². The Morgan fingerprint density at radius 2 is 1.80 bits per heavy atom. The molecule has 0 spiro atoms. The topological polar surface area (TPSA) is 59.6 Å². The standard InChI is InChI=1S/C20H24N2O3/c1-24-19-14-21-13-17(19)22-20(23)25-18(16-10-6-3-7-11-16)12-15-8-4-2-5-9-15/h2-11,17-19,21H,12-14H2,1H3,(H,22,23)/t17-,18?,19-/m1/s1. The number of alkyl carbamates (subject to hydrolysis) is 1. The molecule has 1 unspecified atom stereocenters. The second kappa shape index (κ2) is 8.65. The summed E-state index contributed by atoms with van der Waals surface area (Å²) < 4.78 is 11.1. The molecule has 0 aromatic heterocycles. The van der Waals surface area contributed by atoms with E-state index in [1.165, 1.54) is 0 Å². The molecule has 3 atom stereocenters. The predicted octanol–water partition coefficient (Wildman–Crippen LogP) is 2.68. The van der Waals surface area contributed by atoms with Crippen LogP contribution in [0.3, 0.4) is 0 Å². The van der Waals surface area contributed by atoms with Crippen LogP contribution in [0, 0.1) is 0 Å². The number of hydrogen-bond acceptors (Lipinski definition) is 4. The number of rotatable bonds is 6. The molecule has 25 heavy (non-hydrogen) atoms. The first-order valence-corrected chi connectivity index (χ1v) is 8.56. The molecule has 1 saturated heterocycles. The van der Waals surface area contributed by atoms with E-state index in [-0.39, 0.29) is 18.2 Å². The lowest BCUT2D eigenvalue weighted by molar-refractivity contribution is 0.0717. The van der Waals surface area contributed by atoms with Crippen molar-refractivity contribution >= 4 is 6.09 Å². The summed E-state index contributed by atoms with van der Waals surface area (Å²) in [6, 6.07) is 19.8. The molecule has 1 amide bonds. The lowest BCUT2D eigenvalue weighted by Gasteiger charge is -2.22.